The second-order valence-electron chi connectivity index (χ2n) is 5.69. The lowest BCUT2D eigenvalue weighted by Crippen LogP contribution is -2.60. The van der Waals surface area contributed by atoms with Gasteiger partial charge in [0.2, 0.25) is 5.91 Å². The van der Waals surface area contributed by atoms with E-state index in [4.69, 9.17) is 16.3 Å². The number of hydrogen-bond acceptors (Lipinski definition) is 5. The molecule has 7 nitrogen and oxygen atoms in total. The number of carbonyl (C=O) groups is 3. The van der Waals surface area contributed by atoms with E-state index in [9.17, 15) is 14.4 Å². The lowest BCUT2D eigenvalue weighted by molar-refractivity contribution is -0.155. The van der Waals surface area contributed by atoms with E-state index in [0.29, 0.717) is 0 Å². The van der Waals surface area contributed by atoms with Crippen LogP contribution >= 0.6 is 11.6 Å². The van der Waals surface area contributed by atoms with Gasteiger partial charge in [-0.1, -0.05) is 0 Å². The fourth-order valence-electron chi connectivity index (χ4n) is 1.99. The summed E-state index contributed by atoms with van der Waals surface area (Å²) in [6, 6.07) is -0.859. The van der Waals surface area contributed by atoms with E-state index < -0.39 is 23.7 Å². The van der Waals surface area contributed by atoms with Crippen LogP contribution in [-0.2, 0) is 19.1 Å². The van der Waals surface area contributed by atoms with Gasteiger partial charge in [-0.15, -0.1) is 11.6 Å². The van der Waals surface area contributed by atoms with Crippen molar-refractivity contribution in [1.29, 1.82) is 0 Å². The third-order valence-corrected chi connectivity index (χ3v) is 3.17. The minimum absolute atomic E-state index is 0.0320. The zero-order valence-electron chi connectivity index (χ0n) is 12.7. The van der Waals surface area contributed by atoms with E-state index in [-0.39, 0.29) is 31.4 Å². The van der Waals surface area contributed by atoms with Crippen molar-refractivity contribution in [2.45, 2.75) is 32.4 Å². The van der Waals surface area contributed by atoms with E-state index in [2.05, 4.69) is 4.74 Å². The molecule has 120 valence electrons. The molecule has 0 aromatic carbocycles. The lowest BCUT2D eigenvalue weighted by Gasteiger charge is -2.39. The van der Waals surface area contributed by atoms with Crippen LogP contribution < -0.4 is 0 Å². The molecule has 0 aliphatic carbocycles. The predicted octanol–water partition coefficient (Wildman–Crippen LogP) is 0.846. The van der Waals surface area contributed by atoms with Crippen molar-refractivity contribution >= 4 is 29.6 Å². The van der Waals surface area contributed by atoms with E-state index in [1.54, 1.807) is 20.8 Å². The number of ether oxygens (including phenoxy) is 2. The molecule has 0 radical (unpaired) electrons. The number of hydrogen-bond donors (Lipinski definition) is 0. The van der Waals surface area contributed by atoms with Crippen molar-refractivity contribution in [1.82, 2.24) is 9.80 Å². The number of halogens is 1. The van der Waals surface area contributed by atoms with Crippen molar-refractivity contribution < 1.29 is 23.9 Å². The Labute approximate surface area is 129 Å². The summed E-state index contributed by atoms with van der Waals surface area (Å²) in [4.78, 5) is 38.3. The minimum Gasteiger partial charge on any atom is -0.467 e. The smallest absolute Gasteiger partial charge is 0.410 e. The van der Waals surface area contributed by atoms with Crippen molar-refractivity contribution in [2.24, 2.45) is 0 Å². The molecule has 0 spiro atoms. The van der Waals surface area contributed by atoms with Crippen LogP contribution in [-0.4, -0.2) is 72.0 Å². The van der Waals surface area contributed by atoms with Crippen LogP contribution in [0, 0.1) is 0 Å². The Bertz CT molecular complexity index is 421. The molecule has 21 heavy (non-hydrogen) atoms. The molecule has 1 fully saturated rings. The average molecular weight is 321 g/mol. The number of rotatable bonds is 2. The highest BCUT2D eigenvalue weighted by Gasteiger charge is 2.38. The largest absolute Gasteiger partial charge is 0.467 e. The Kier molecular flexibility index (Phi) is 5.83. The van der Waals surface area contributed by atoms with Gasteiger partial charge in [-0.05, 0) is 20.8 Å². The number of nitrogens with zero attached hydrogens (tertiary/aromatic N) is 2. The molecule has 0 aromatic heterocycles. The van der Waals surface area contributed by atoms with Crippen LogP contribution in [0.1, 0.15) is 20.8 Å². The Morgan fingerprint density at radius 1 is 1.24 bits per heavy atom. The summed E-state index contributed by atoms with van der Waals surface area (Å²) in [6.07, 6.45) is -0.519. The molecule has 1 saturated heterocycles. The molecule has 1 aliphatic rings. The summed E-state index contributed by atoms with van der Waals surface area (Å²) in [6.45, 7) is 5.81. The van der Waals surface area contributed by atoms with Crippen LogP contribution in [0.25, 0.3) is 0 Å². The second-order valence-corrected chi connectivity index (χ2v) is 5.95. The van der Waals surface area contributed by atoms with Gasteiger partial charge in [-0.2, -0.15) is 0 Å². The van der Waals surface area contributed by atoms with Crippen molar-refractivity contribution in [2.75, 3.05) is 32.6 Å². The summed E-state index contributed by atoms with van der Waals surface area (Å²) in [7, 11) is 1.23. The molecular formula is C13H21ClN2O5. The summed E-state index contributed by atoms with van der Waals surface area (Å²) >= 11 is 5.54. The van der Waals surface area contributed by atoms with Crippen LogP contribution in [0.15, 0.2) is 0 Å². The SMILES string of the molecule is COC(=O)C1CN(C(=O)OC(C)(C)C)CCN1C(=O)CCl. The Morgan fingerprint density at radius 2 is 1.86 bits per heavy atom. The number of carbonyl (C=O) groups excluding carboxylic acids is 3. The molecule has 0 bridgehead atoms. The Morgan fingerprint density at radius 3 is 2.33 bits per heavy atom. The van der Waals surface area contributed by atoms with Gasteiger partial charge in [0.15, 0.2) is 0 Å². The molecule has 0 aromatic rings. The maximum absolute atomic E-state index is 12.0. The first-order valence-electron chi connectivity index (χ1n) is 6.60. The first kappa shape index (κ1) is 17.6. The fraction of sp³-hybridized carbons (Fsp3) is 0.769. The highest BCUT2D eigenvalue weighted by atomic mass is 35.5. The first-order chi connectivity index (χ1) is 9.69. The van der Waals surface area contributed by atoms with Crippen LogP contribution in [0.4, 0.5) is 4.79 Å². The first-order valence-corrected chi connectivity index (χ1v) is 7.14. The topological polar surface area (TPSA) is 76.2 Å². The quantitative estimate of drug-likeness (QED) is 0.557. The Balaban J connectivity index is 2.81. The normalized spacial score (nSPS) is 19.2. The molecule has 8 heteroatoms. The van der Waals surface area contributed by atoms with Crippen molar-refractivity contribution in [3.8, 4) is 0 Å². The van der Waals surface area contributed by atoms with E-state index >= 15 is 0 Å². The minimum atomic E-state index is -0.859. The fourth-order valence-corrected chi connectivity index (χ4v) is 2.14. The molecule has 1 aliphatic heterocycles. The second kappa shape index (κ2) is 6.98. The zero-order chi connectivity index (χ0) is 16.2. The molecule has 2 amide bonds. The van der Waals surface area contributed by atoms with Gasteiger partial charge in [0, 0.05) is 13.1 Å². The standard InChI is InChI=1S/C13H21ClN2O5/c1-13(2,3)21-12(19)15-5-6-16(10(17)7-14)9(8-15)11(18)20-4/h9H,5-8H2,1-4H3. The third kappa shape index (κ3) is 4.77. The van der Waals surface area contributed by atoms with Crippen molar-refractivity contribution in [3.63, 3.8) is 0 Å². The number of methoxy groups -OCH3 is 1. The number of amides is 2. The van der Waals surface area contributed by atoms with Gasteiger partial charge >= 0.3 is 12.1 Å². The molecule has 1 unspecified atom stereocenters. The average Bonchev–Trinajstić information content (AvgIpc) is 2.43. The van der Waals surface area contributed by atoms with Crippen LogP contribution in [0.3, 0.4) is 0 Å². The van der Waals surface area contributed by atoms with Gasteiger partial charge in [-0.3, -0.25) is 4.79 Å². The van der Waals surface area contributed by atoms with Gasteiger partial charge in [-0.25, -0.2) is 9.59 Å². The number of esters is 1. The van der Waals surface area contributed by atoms with Crippen LogP contribution in [0.2, 0.25) is 0 Å². The molecular weight excluding hydrogens is 300 g/mol. The summed E-state index contributed by atoms with van der Waals surface area (Å²) in [5, 5.41) is 0. The van der Waals surface area contributed by atoms with E-state index in [1.165, 1.54) is 16.9 Å². The zero-order valence-corrected chi connectivity index (χ0v) is 13.5. The van der Waals surface area contributed by atoms with Crippen molar-refractivity contribution in [3.05, 3.63) is 0 Å². The Hall–Kier alpha value is -1.50. The molecule has 0 saturated carbocycles. The third-order valence-electron chi connectivity index (χ3n) is 2.94. The molecule has 1 atom stereocenters. The summed E-state index contributed by atoms with van der Waals surface area (Å²) in [5.41, 5.74) is -0.624. The number of alkyl halides is 1. The molecule has 1 heterocycles. The molecule has 0 N–H and O–H groups in total. The predicted molar refractivity (Wildman–Crippen MR) is 76.0 cm³/mol. The van der Waals surface area contributed by atoms with Crippen LogP contribution in [0.5, 0.6) is 0 Å². The lowest BCUT2D eigenvalue weighted by atomic mass is 10.1. The molecule has 1 rings (SSSR count). The van der Waals surface area contributed by atoms with E-state index in [1.807, 2.05) is 0 Å². The maximum atomic E-state index is 12.0. The summed E-state index contributed by atoms with van der Waals surface area (Å²) < 4.78 is 9.96. The monoisotopic (exact) mass is 320 g/mol. The van der Waals surface area contributed by atoms with Gasteiger partial charge < -0.3 is 19.3 Å². The van der Waals surface area contributed by atoms with Gasteiger partial charge in [0.25, 0.3) is 0 Å². The van der Waals surface area contributed by atoms with Gasteiger partial charge in [0.05, 0.1) is 13.7 Å². The van der Waals surface area contributed by atoms with E-state index in [0.717, 1.165) is 0 Å². The number of piperazine rings is 1. The highest BCUT2D eigenvalue weighted by Crippen LogP contribution is 2.16. The summed E-state index contributed by atoms with van der Waals surface area (Å²) in [5.74, 6) is -1.17. The maximum Gasteiger partial charge on any atom is 0.410 e. The highest BCUT2D eigenvalue weighted by molar-refractivity contribution is 6.27. The van der Waals surface area contributed by atoms with Gasteiger partial charge in [0.1, 0.15) is 17.5 Å².